The number of fused-ring (bicyclic) bond motifs is 3. The van der Waals surface area contributed by atoms with E-state index >= 15 is 0 Å². The zero-order valence-electron chi connectivity index (χ0n) is 17.7. The van der Waals surface area contributed by atoms with Crippen molar-refractivity contribution in [1.29, 1.82) is 0 Å². The predicted molar refractivity (Wildman–Crippen MR) is 127 cm³/mol. The monoisotopic (exact) mass is 422 g/mol. The van der Waals surface area contributed by atoms with Crippen LogP contribution < -0.4 is 10.1 Å². The molecule has 4 aromatic carbocycles. The molecule has 158 valence electrons. The zero-order valence-corrected chi connectivity index (χ0v) is 17.7. The molecule has 0 aliphatic rings. The van der Waals surface area contributed by atoms with E-state index in [0.29, 0.717) is 29.5 Å². The van der Waals surface area contributed by atoms with Crippen LogP contribution in [0.3, 0.4) is 0 Å². The molecular weight excluding hydrogens is 400 g/mol. The van der Waals surface area contributed by atoms with Crippen LogP contribution in [0.4, 0.5) is 5.69 Å². The third-order valence-electron chi connectivity index (χ3n) is 5.24. The van der Waals surface area contributed by atoms with Gasteiger partial charge in [-0.3, -0.25) is 4.79 Å². The van der Waals surface area contributed by atoms with Crippen molar-refractivity contribution in [3.05, 3.63) is 90.5 Å². The molecule has 0 spiro atoms. The number of benzene rings is 4. The molecule has 0 atom stereocenters. The molecule has 32 heavy (non-hydrogen) atoms. The van der Waals surface area contributed by atoms with Crippen LogP contribution in [0.15, 0.2) is 89.3 Å². The van der Waals surface area contributed by atoms with E-state index in [-0.39, 0.29) is 5.91 Å². The minimum atomic E-state index is -0.187. The van der Waals surface area contributed by atoms with Crippen LogP contribution in [0, 0.1) is 0 Å². The van der Waals surface area contributed by atoms with Gasteiger partial charge in [-0.15, -0.1) is 0 Å². The first-order chi connectivity index (χ1) is 15.7. The van der Waals surface area contributed by atoms with Gasteiger partial charge in [0.25, 0.3) is 5.91 Å². The molecule has 1 aromatic heterocycles. The summed E-state index contributed by atoms with van der Waals surface area (Å²) in [5.74, 6) is 1.06. The Morgan fingerprint density at radius 1 is 0.969 bits per heavy atom. The van der Waals surface area contributed by atoms with Gasteiger partial charge in [-0.2, -0.15) is 0 Å². The molecule has 0 fully saturated rings. The fourth-order valence-electron chi connectivity index (χ4n) is 3.63. The highest BCUT2D eigenvalue weighted by molar-refractivity contribution is 6.05. The van der Waals surface area contributed by atoms with E-state index in [2.05, 4.69) is 11.4 Å². The third-order valence-corrected chi connectivity index (χ3v) is 5.24. The molecule has 0 aliphatic carbocycles. The molecule has 0 saturated heterocycles. The van der Waals surface area contributed by atoms with Crippen molar-refractivity contribution in [2.75, 3.05) is 11.9 Å². The van der Waals surface area contributed by atoms with Crippen LogP contribution >= 0.6 is 0 Å². The number of oxazole rings is 1. The van der Waals surface area contributed by atoms with Crippen LogP contribution in [0.25, 0.3) is 33.3 Å². The standard InChI is InChI=1S/C27H22N2O3/c1-2-16-31-22-8-5-7-20(17-22)26(30)28-21-13-10-19(11-14-21)27-29-25-23-9-4-3-6-18(23)12-15-24(25)32-27/h3-15,17H,2,16H2,1H3,(H,28,30). The summed E-state index contributed by atoms with van der Waals surface area (Å²) in [4.78, 5) is 17.4. The Morgan fingerprint density at radius 3 is 2.66 bits per heavy atom. The van der Waals surface area contributed by atoms with Gasteiger partial charge < -0.3 is 14.5 Å². The lowest BCUT2D eigenvalue weighted by Gasteiger charge is -2.08. The summed E-state index contributed by atoms with van der Waals surface area (Å²) in [5.41, 5.74) is 3.69. The molecule has 1 N–H and O–H groups in total. The van der Waals surface area contributed by atoms with Crippen LogP contribution in [0.1, 0.15) is 23.7 Å². The van der Waals surface area contributed by atoms with E-state index in [9.17, 15) is 4.79 Å². The van der Waals surface area contributed by atoms with Gasteiger partial charge in [0.05, 0.1) is 6.61 Å². The van der Waals surface area contributed by atoms with Crippen molar-refractivity contribution >= 4 is 33.5 Å². The van der Waals surface area contributed by atoms with E-state index in [1.165, 1.54) is 0 Å². The first-order valence-corrected chi connectivity index (χ1v) is 10.6. The topological polar surface area (TPSA) is 64.4 Å². The quantitative estimate of drug-likeness (QED) is 0.331. The number of ether oxygens (including phenoxy) is 1. The molecule has 1 heterocycles. The summed E-state index contributed by atoms with van der Waals surface area (Å²) in [7, 11) is 0. The van der Waals surface area contributed by atoms with Crippen molar-refractivity contribution in [1.82, 2.24) is 4.98 Å². The smallest absolute Gasteiger partial charge is 0.255 e. The van der Waals surface area contributed by atoms with Gasteiger partial charge in [0.2, 0.25) is 5.89 Å². The third kappa shape index (κ3) is 3.93. The molecule has 5 nitrogen and oxygen atoms in total. The molecule has 0 unspecified atom stereocenters. The van der Waals surface area contributed by atoms with Gasteiger partial charge in [-0.25, -0.2) is 4.98 Å². The highest BCUT2D eigenvalue weighted by Crippen LogP contribution is 2.30. The van der Waals surface area contributed by atoms with Gasteiger partial charge in [0.1, 0.15) is 11.3 Å². The number of hydrogen-bond acceptors (Lipinski definition) is 4. The van der Waals surface area contributed by atoms with Crippen molar-refractivity contribution in [2.45, 2.75) is 13.3 Å². The van der Waals surface area contributed by atoms with Crippen LogP contribution in [0.2, 0.25) is 0 Å². The maximum absolute atomic E-state index is 12.6. The molecule has 1 amide bonds. The number of hydrogen-bond donors (Lipinski definition) is 1. The average Bonchev–Trinajstić information content (AvgIpc) is 3.28. The van der Waals surface area contributed by atoms with E-state index in [4.69, 9.17) is 14.1 Å². The Labute approximate surface area is 185 Å². The minimum absolute atomic E-state index is 0.187. The number of carbonyl (C=O) groups is 1. The molecule has 5 aromatic rings. The number of carbonyl (C=O) groups excluding carboxylic acids is 1. The Balaban J connectivity index is 1.35. The number of anilines is 1. The van der Waals surface area contributed by atoms with Crippen molar-refractivity contribution in [3.8, 4) is 17.2 Å². The summed E-state index contributed by atoms with van der Waals surface area (Å²) in [6.07, 6.45) is 0.916. The highest BCUT2D eigenvalue weighted by Gasteiger charge is 2.12. The average molecular weight is 422 g/mol. The van der Waals surface area contributed by atoms with Gasteiger partial charge in [-0.05, 0) is 60.3 Å². The summed E-state index contributed by atoms with van der Waals surface area (Å²) < 4.78 is 11.6. The number of rotatable bonds is 6. The van der Waals surface area contributed by atoms with Gasteiger partial charge in [-0.1, -0.05) is 43.3 Å². The highest BCUT2D eigenvalue weighted by atomic mass is 16.5. The number of amides is 1. The van der Waals surface area contributed by atoms with Crippen LogP contribution in [-0.2, 0) is 0 Å². The van der Waals surface area contributed by atoms with Crippen molar-refractivity contribution < 1.29 is 13.9 Å². The van der Waals surface area contributed by atoms with Gasteiger partial charge in [0.15, 0.2) is 5.58 Å². The molecule has 5 rings (SSSR count). The second-order valence-electron chi connectivity index (χ2n) is 7.56. The fraction of sp³-hybridized carbons (Fsp3) is 0.111. The van der Waals surface area contributed by atoms with Gasteiger partial charge >= 0.3 is 0 Å². The lowest BCUT2D eigenvalue weighted by molar-refractivity contribution is 0.102. The Hall–Kier alpha value is -4.12. The number of nitrogens with one attached hydrogen (secondary N) is 1. The van der Waals surface area contributed by atoms with E-state index in [1.807, 2.05) is 73.7 Å². The normalized spacial score (nSPS) is 11.0. The molecule has 0 bridgehead atoms. The molecular formula is C27H22N2O3. The lowest BCUT2D eigenvalue weighted by atomic mass is 10.1. The largest absolute Gasteiger partial charge is 0.494 e. The summed E-state index contributed by atoms with van der Waals surface area (Å²) >= 11 is 0. The minimum Gasteiger partial charge on any atom is -0.494 e. The fourth-order valence-corrected chi connectivity index (χ4v) is 3.63. The Bertz CT molecular complexity index is 1400. The first kappa shape index (κ1) is 19.8. The zero-order chi connectivity index (χ0) is 21.9. The Kier molecular flexibility index (Phi) is 5.30. The Morgan fingerprint density at radius 2 is 1.81 bits per heavy atom. The summed E-state index contributed by atoms with van der Waals surface area (Å²) in [5, 5.41) is 5.12. The van der Waals surface area contributed by atoms with Crippen LogP contribution in [-0.4, -0.2) is 17.5 Å². The van der Waals surface area contributed by atoms with Gasteiger partial charge in [0, 0.05) is 22.2 Å². The lowest BCUT2D eigenvalue weighted by Crippen LogP contribution is -2.12. The second kappa shape index (κ2) is 8.55. The van der Waals surface area contributed by atoms with Crippen molar-refractivity contribution in [2.24, 2.45) is 0 Å². The molecule has 0 saturated carbocycles. The predicted octanol–water partition coefficient (Wildman–Crippen LogP) is 6.69. The maximum Gasteiger partial charge on any atom is 0.255 e. The summed E-state index contributed by atoms with van der Waals surface area (Å²) in [6.45, 7) is 2.67. The summed E-state index contributed by atoms with van der Waals surface area (Å²) in [6, 6.07) is 26.8. The van der Waals surface area contributed by atoms with E-state index in [1.54, 1.807) is 12.1 Å². The molecule has 0 aliphatic heterocycles. The molecule has 0 radical (unpaired) electrons. The maximum atomic E-state index is 12.6. The van der Waals surface area contributed by atoms with E-state index < -0.39 is 0 Å². The van der Waals surface area contributed by atoms with E-state index in [0.717, 1.165) is 33.9 Å². The van der Waals surface area contributed by atoms with Crippen molar-refractivity contribution in [3.63, 3.8) is 0 Å². The van der Waals surface area contributed by atoms with Crippen LogP contribution in [0.5, 0.6) is 5.75 Å². The second-order valence-corrected chi connectivity index (χ2v) is 7.56. The number of aromatic nitrogens is 1. The molecule has 5 heteroatoms. The SMILES string of the molecule is CCCOc1cccc(C(=O)Nc2ccc(-c3nc4c(ccc5ccccc54)o3)cc2)c1. The first-order valence-electron chi connectivity index (χ1n) is 10.6. The number of nitrogens with zero attached hydrogens (tertiary/aromatic N) is 1.